The molecule has 2 saturated heterocycles. The van der Waals surface area contributed by atoms with Crippen LogP contribution >= 0.6 is 0 Å². The molecule has 2 amide bonds. The quantitative estimate of drug-likeness (QED) is 0.815. The van der Waals surface area contributed by atoms with Gasteiger partial charge in [-0.2, -0.15) is 0 Å². The van der Waals surface area contributed by atoms with Crippen molar-refractivity contribution < 1.29 is 23.1 Å². The highest BCUT2D eigenvalue weighted by molar-refractivity contribution is 6.00. The minimum absolute atomic E-state index is 0.00137. The Morgan fingerprint density at radius 3 is 2.53 bits per heavy atom. The fraction of sp³-hybridized carbons (Fsp3) is 0.364. The molecule has 2 aliphatic heterocycles. The SMILES string of the molecule is O=C(NCc1ccc(N2CCOCC2)cc1)C1CC(=O)N(c2ccc(F)cc2F)C1. The van der Waals surface area contributed by atoms with Crippen LogP contribution in [0.15, 0.2) is 42.5 Å². The lowest BCUT2D eigenvalue weighted by Gasteiger charge is -2.28. The Morgan fingerprint density at radius 2 is 1.83 bits per heavy atom. The Kier molecular flexibility index (Phi) is 5.94. The van der Waals surface area contributed by atoms with E-state index in [9.17, 15) is 18.4 Å². The Labute approximate surface area is 173 Å². The van der Waals surface area contributed by atoms with E-state index in [-0.39, 0.29) is 30.5 Å². The second-order valence-electron chi connectivity index (χ2n) is 7.48. The third-order valence-electron chi connectivity index (χ3n) is 5.48. The molecule has 1 unspecified atom stereocenters. The Hall–Kier alpha value is -3.00. The number of benzene rings is 2. The first-order valence-electron chi connectivity index (χ1n) is 9.96. The van der Waals surface area contributed by atoms with Gasteiger partial charge in [0.2, 0.25) is 11.8 Å². The number of carbonyl (C=O) groups excluding carboxylic acids is 2. The second kappa shape index (κ2) is 8.79. The molecule has 2 aromatic carbocycles. The number of ether oxygens (including phenoxy) is 1. The van der Waals surface area contributed by atoms with Crippen molar-refractivity contribution in [2.45, 2.75) is 13.0 Å². The lowest BCUT2D eigenvalue weighted by molar-refractivity contribution is -0.126. The summed E-state index contributed by atoms with van der Waals surface area (Å²) < 4.78 is 32.5. The van der Waals surface area contributed by atoms with E-state index >= 15 is 0 Å². The van der Waals surface area contributed by atoms with Crippen LogP contribution in [0.3, 0.4) is 0 Å². The molecule has 2 heterocycles. The molecule has 158 valence electrons. The predicted octanol–water partition coefficient (Wildman–Crippen LogP) is 2.47. The molecular formula is C22H23F2N3O3. The first-order valence-corrected chi connectivity index (χ1v) is 9.96. The topological polar surface area (TPSA) is 61.9 Å². The fourth-order valence-corrected chi connectivity index (χ4v) is 3.80. The van der Waals surface area contributed by atoms with Crippen molar-refractivity contribution in [3.05, 3.63) is 59.7 Å². The van der Waals surface area contributed by atoms with Crippen molar-refractivity contribution in [3.63, 3.8) is 0 Å². The van der Waals surface area contributed by atoms with Gasteiger partial charge in [-0.15, -0.1) is 0 Å². The van der Waals surface area contributed by atoms with E-state index in [0.29, 0.717) is 6.54 Å². The van der Waals surface area contributed by atoms with Gasteiger partial charge in [0.05, 0.1) is 24.8 Å². The molecule has 6 nitrogen and oxygen atoms in total. The van der Waals surface area contributed by atoms with Crippen LogP contribution < -0.4 is 15.1 Å². The first kappa shape index (κ1) is 20.3. The Balaban J connectivity index is 1.32. The number of morpholine rings is 1. The summed E-state index contributed by atoms with van der Waals surface area (Å²) in [5.41, 5.74) is 2.06. The van der Waals surface area contributed by atoms with Crippen molar-refractivity contribution in [3.8, 4) is 0 Å². The lowest BCUT2D eigenvalue weighted by atomic mass is 10.1. The van der Waals surface area contributed by atoms with Crippen molar-refractivity contribution in [1.29, 1.82) is 0 Å². The van der Waals surface area contributed by atoms with Crippen LogP contribution in [0.25, 0.3) is 0 Å². The molecule has 2 aromatic rings. The van der Waals surface area contributed by atoms with Crippen LogP contribution in [0.4, 0.5) is 20.2 Å². The highest BCUT2D eigenvalue weighted by Gasteiger charge is 2.36. The first-order chi connectivity index (χ1) is 14.5. The number of hydrogen-bond acceptors (Lipinski definition) is 4. The van der Waals surface area contributed by atoms with Crippen molar-refractivity contribution in [1.82, 2.24) is 5.32 Å². The largest absolute Gasteiger partial charge is 0.378 e. The van der Waals surface area contributed by atoms with Gasteiger partial charge in [-0.1, -0.05) is 12.1 Å². The van der Waals surface area contributed by atoms with Gasteiger partial charge in [-0.25, -0.2) is 8.78 Å². The monoisotopic (exact) mass is 415 g/mol. The molecule has 0 spiro atoms. The van der Waals surface area contributed by atoms with Crippen LogP contribution in [-0.4, -0.2) is 44.7 Å². The second-order valence-corrected chi connectivity index (χ2v) is 7.48. The number of hydrogen-bond donors (Lipinski definition) is 1. The standard InChI is InChI=1S/C22H23F2N3O3/c23-17-3-6-20(19(24)12-17)27-14-16(11-21(27)28)22(29)25-13-15-1-4-18(5-2-15)26-7-9-30-10-8-26/h1-6,12,16H,7-11,13-14H2,(H,25,29). The van der Waals surface area contributed by atoms with Gasteiger partial charge >= 0.3 is 0 Å². The summed E-state index contributed by atoms with van der Waals surface area (Å²) in [4.78, 5) is 28.2. The minimum atomic E-state index is -0.815. The summed E-state index contributed by atoms with van der Waals surface area (Å²) in [5, 5.41) is 2.85. The van der Waals surface area contributed by atoms with Crippen molar-refractivity contribution in [2.24, 2.45) is 5.92 Å². The van der Waals surface area contributed by atoms with Gasteiger partial charge < -0.3 is 19.9 Å². The molecule has 4 rings (SSSR count). The average Bonchev–Trinajstić information content (AvgIpc) is 3.14. The van der Waals surface area contributed by atoms with Gasteiger partial charge in [-0.05, 0) is 29.8 Å². The molecule has 0 aromatic heterocycles. The van der Waals surface area contributed by atoms with Gasteiger partial charge in [0.25, 0.3) is 0 Å². The van der Waals surface area contributed by atoms with Crippen molar-refractivity contribution >= 4 is 23.2 Å². The number of carbonyl (C=O) groups is 2. The number of amides is 2. The molecule has 0 aliphatic carbocycles. The minimum Gasteiger partial charge on any atom is -0.378 e. The van der Waals surface area contributed by atoms with E-state index in [2.05, 4.69) is 10.2 Å². The zero-order chi connectivity index (χ0) is 21.1. The summed E-state index contributed by atoms with van der Waals surface area (Å²) in [6.07, 6.45) is -0.00137. The van der Waals surface area contributed by atoms with Crippen LogP contribution in [0.5, 0.6) is 0 Å². The maximum Gasteiger partial charge on any atom is 0.227 e. The molecule has 1 atom stereocenters. The highest BCUT2D eigenvalue weighted by Crippen LogP contribution is 2.28. The van der Waals surface area contributed by atoms with E-state index in [1.54, 1.807) is 0 Å². The zero-order valence-electron chi connectivity index (χ0n) is 16.4. The molecule has 2 fully saturated rings. The number of nitrogens with one attached hydrogen (secondary N) is 1. The summed E-state index contributed by atoms with van der Waals surface area (Å²) in [6.45, 7) is 3.57. The molecule has 0 bridgehead atoms. The predicted molar refractivity (Wildman–Crippen MR) is 108 cm³/mol. The van der Waals surface area contributed by atoms with Crippen LogP contribution in [0, 0.1) is 17.6 Å². The molecular weight excluding hydrogens is 392 g/mol. The molecule has 30 heavy (non-hydrogen) atoms. The number of rotatable bonds is 5. The van der Waals surface area contributed by atoms with E-state index in [4.69, 9.17) is 4.74 Å². The molecule has 2 aliphatic rings. The van der Waals surface area contributed by atoms with Crippen molar-refractivity contribution in [2.75, 3.05) is 42.6 Å². The zero-order valence-corrected chi connectivity index (χ0v) is 16.4. The fourth-order valence-electron chi connectivity index (χ4n) is 3.80. The Morgan fingerprint density at radius 1 is 1.10 bits per heavy atom. The Bertz CT molecular complexity index is 930. The van der Waals surface area contributed by atoms with Gasteiger partial charge in [0, 0.05) is 44.4 Å². The third kappa shape index (κ3) is 4.43. The van der Waals surface area contributed by atoms with Gasteiger partial charge in [-0.3, -0.25) is 9.59 Å². The van der Waals surface area contributed by atoms with E-state index in [1.807, 2.05) is 24.3 Å². The van der Waals surface area contributed by atoms with Gasteiger partial charge in [0.1, 0.15) is 11.6 Å². The number of halogens is 2. The van der Waals surface area contributed by atoms with Gasteiger partial charge in [0.15, 0.2) is 0 Å². The molecule has 8 heteroatoms. The maximum absolute atomic E-state index is 14.0. The van der Waals surface area contributed by atoms with E-state index in [1.165, 1.54) is 11.0 Å². The normalized spacial score (nSPS) is 19.3. The lowest BCUT2D eigenvalue weighted by Crippen LogP contribution is -2.36. The van der Waals surface area contributed by atoms with Crippen LogP contribution in [0.1, 0.15) is 12.0 Å². The molecule has 1 N–H and O–H groups in total. The van der Waals surface area contributed by atoms with E-state index < -0.39 is 17.6 Å². The number of anilines is 2. The average molecular weight is 415 g/mol. The molecule has 0 radical (unpaired) electrons. The maximum atomic E-state index is 14.0. The molecule has 0 saturated carbocycles. The van der Waals surface area contributed by atoms with E-state index in [0.717, 1.165) is 49.7 Å². The summed E-state index contributed by atoms with van der Waals surface area (Å²) in [6, 6.07) is 11.0. The third-order valence-corrected chi connectivity index (χ3v) is 5.48. The highest BCUT2D eigenvalue weighted by atomic mass is 19.1. The summed E-state index contributed by atoms with van der Waals surface area (Å²) >= 11 is 0. The number of nitrogens with zero attached hydrogens (tertiary/aromatic N) is 2. The summed E-state index contributed by atoms with van der Waals surface area (Å²) in [5.74, 6) is -2.71. The van der Waals surface area contributed by atoms with Crippen LogP contribution in [0.2, 0.25) is 0 Å². The summed E-state index contributed by atoms with van der Waals surface area (Å²) in [7, 11) is 0. The van der Waals surface area contributed by atoms with Crippen LogP contribution in [-0.2, 0) is 20.9 Å². The smallest absolute Gasteiger partial charge is 0.227 e.